The lowest BCUT2D eigenvalue weighted by atomic mass is 9.84. The smallest absolute Gasteiger partial charge is 0.0728 e. The Hall–Kier alpha value is 0.180. The summed E-state index contributed by atoms with van der Waals surface area (Å²) in [6.45, 7) is 3.67. The molecule has 1 fully saturated rings. The summed E-state index contributed by atoms with van der Waals surface area (Å²) in [5.74, 6) is 0.487. The van der Waals surface area contributed by atoms with E-state index in [4.69, 9.17) is 0 Å². The molecule has 2 heteroatoms. The van der Waals surface area contributed by atoms with Crippen molar-refractivity contribution in [3.05, 3.63) is 12.7 Å². The zero-order valence-electron chi connectivity index (χ0n) is 7.38. The van der Waals surface area contributed by atoms with Gasteiger partial charge in [0.05, 0.1) is 10.9 Å². The first-order valence-electron chi connectivity index (χ1n) is 4.70. The lowest BCUT2D eigenvalue weighted by Gasteiger charge is -2.28. The Morgan fingerprint density at radius 2 is 1.92 bits per heavy atom. The molecule has 1 N–H and O–H groups in total. The Labute approximate surface area is 83.0 Å². The van der Waals surface area contributed by atoms with Crippen LogP contribution in [0.1, 0.15) is 32.1 Å². The van der Waals surface area contributed by atoms with Crippen LogP contribution in [0.5, 0.6) is 0 Å². The molecule has 0 aromatic rings. The predicted octanol–water partition coefficient (Wildman–Crippen LogP) is 2.88. The first-order chi connectivity index (χ1) is 5.75. The molecule has 2 atom stereocenters. The number of rotatable bonds is 3. The monoisotopic (exact) mass is 232 g/mol. The first-order valence-corrected chi connectivity index (χ1v) is 5.62. The van der Waals surface area contributed by atoms with E-state index in [1.54, 1.807) is 6.08 Å². The van der Waals surface area contributed by atoms with Gasteiger partial charge in [-0.2, -0.15) is 0 Å². The molecule has 0 saturated heterocycles. The van der Waals surface area contributed by atoms with Gasteiger partial charge in [0.2, 0.25) is 0 Å². The molecule has 0 aliphatic heterocycles. The van der Waals surface area contributed by atoms with Gasteiger partial charge in [-0.1, -0.05) is 41.3 Å². The van der Waals surface area contributed by atoms with Crippen molar-refractivity contribution in [2.24, 2.45) is 5.92 Å². The molecular weight excluding hydrogens is 216 g/mol. The number of alkyl halides is 1. The van der Waals surface area contributed by atoms with Gasteiger partial charge in [-0.15, -0.1) is 6.58 Å². The quantitative estimate of drug-likeness (QED) is 0.587. The van der Waals surface area contributed by atoms with Gasteiger partial charge < -0.3 is 5.11 Å². The number of aliphatic hydroxyl groups is 1. The minimum atomic E-state index is -0.234. The molecule has 0 aromatic carbocycles. The van der Waals surface area contributed by atoms with Crippen LogP contribution >= 0.6 is 15.9 Å². The molecule has 1 saturated carbocycles. The third kappa shape index (κ3) is 2.60. The summed E-state index contributed by atoms with van der Waals surface area (Å²) in [5, 5.41) is 9.82. The van der Waals surface area contributed by atoms with Crippen LogP contribution in [0, 0.1) is 5.92 Å². The molecule has 1 rings (SSSR count). The molecule has 0 radical (unpaired) electrons. The number of aliphatic hydroxyl groups excluding tert-OH is 1. The summed E-state index contributed by atoms with van der Waals surface area (Å²) in [5.41, 5.74) is 0. The Morgan fingerprint density at radius 3 is 2.42 bits per heavy atom. The van der Waals surface area contributed by atoms with Gasteiger partial charge in [0.25, 0.3) is 0 Å². The Bertz CT molecular complexity index is 141. The summed E-state index contributed by atoms with van der Waals surface area (Å²) in [7, 11) is 0. The third-order valence-corrected chi connectivity index (χ3v) is 3.60. The van der Waals surface area contributed by atoms with E-state index in [0.29, 0.717) is 5.92 Å². The summed E-state index contributed by atoms with van der Waals surface area (Å²) in [6.07, 6.45) is 7.79. The standard InChI is InChI=1S/C10H17BrO/c1-2-9(11)10(12)8-6-4-3-5-7-8/h2,8-10,12H,1,3-7H2/t9-,10-/m1/s1. The predicted molar refractivity (Wildman–Crippen MR) is 55.5 cm³/mol. The van der Waals surface area contributed by atoms with Crippen molar-refractivity contribution in [2.75, 3.05) is 0 Å². The molecule has 1 aliphatic rings. The van der Waals surface area contributed by atoms with Crippen LogP contribution < -0.4 is 0 Å². The van der Waals surface area contributed by atoms with Crippen LogP contribution in [-0.4, -0.2) is 16.0 Å². The van der Waals surface area contributed by atoms with Crippen molar-refractivity contribution >= 4 is 15.9 Å². The molecule has 70 valence electrons. The van der Waals surface area contributed by atoms with E-state index >= 15 is 0 Å². The maximum absolute atomic E-state index is 9.82. The van der Waals surface area contributed by atoms with Crippen molar-refractivity contribution < 1.29 is 5.11 Å². The lowest BCUT2D eigenvalue weighted by Crippen LogP contribution is -2.29. The highest BCUT2D eigenvalue weighted by molar-refractivity contribution is 9.09. The second kappa shape index (κ2) is 5.03. The molecular formula is C10H17BrO. The molecule has 1 nitrogen and oxygen atoms in total. The van der Waals surface area contributed by atoms with Crippen LogP contribution in [0.3, 0.4) is 0 Å². The molecule has 0 spiro atoms. The fourth-order valence-corrected chi connectivity index (χ4v) is 2.31. The van der Waals surface area contributed by atoms with E-state index in [1.165, 1.54) is 32.1 Å². The fourth-order valence-electron chi connectivity index (χ4n) is 1.88. The minimum absolute atomic E-state index is 0.0700. The maximum atomic E-state index is 9.82. The van der Waals surface area contributed by atoms with E-state index in [1.807, 2.05) is 0 Å². The van der Waals surface area contributed by atoms with Crippen LogP contribution in [0.2, 0.25) is 0 Å². The molecule has 0 bridgehead atoms. The number of hydrogen-bond donors (Lipinski definition) is 1. The second-order valence-electron chi connectivity index (χ2n) is 3.57. The van der Waals surface area contributed by atoms with Crippen molar-refractivity contribution in [3.8, 4) is 0 Å². The van der Waals surface area contributed by atoms with Gasteiger partial charge >= 0.3 is 0 Å². The molecule has 1 aliphatic carbocycles. The highest BCUT2D eigenvalue weighted by Gasteiger charge is 2.25. The van der Waals surface area contributed by atoms with E-state index in [2.05, 4.69) is 22.5 Å². The van der Waals surface area contributed by atoms with E-state index < -0.39 is 0 Å². The molecule has 0 aromatic heterocycles. The second-order valence-corrected chi connectivity index (χ2v) is 4.63. The van der Waals surface area contributed by atoms with Crippen molar-refractivity contribution in [3.63, 3.8) is 0 Å². The van der Waals surface area contributed by atoms with Gasteiger partial charge in [-0.25, -0.2) is 0 Å². The third-order valence-electron chi connectivity index (χ3n) is 2.68. The largest absolute Gasteiger partial charge is 0.391 e. The topological polar surface area (TPSA) is 20.2 Å². The van der Waals surface area contributed by atoms with Crippen LogP contribution in [0.4, 0.5) is 0 Å². The highest BCUT2D eigenvalue weighted by atomic mass is 79.9. The number of hydrogen-bond acceptors (Lipinski definition) is 1. The fraction of sp³-hybridized carbons (Fsp3) is 0.800. The van der Waals surface area contributed by atoms with Crippen molar-refractivity contribution in [1.82, 2.24) is 0 Å². The first kappa shape index (κ1) is 10.3. The van der Waals surface area contributed by atoms with Gasteiger partial charge in [0.1, 0.15) is 0 Å². The zero-order chi connectivity index (χ0) is 8.97. The summed E-state index contributed by atoms with van der Waals surface area (Å²) >= 11 is 3.41. The van der Waals surface area contributed by atoms with Crippen molar-refractivity contribution in [2.45, 2.75) is 43.0 Å². The van der Waals surface area contributed by atoms with Gasteiger partial charge in [-0.05, 0) is 18.8 Å². The summed E-state index contributed by atoms with van der Waals surface area (Å²) in [4.78, 5) is 0.0700. The lowest BCUT2D eigenvalue weighted by molar-refractivity contribution is 0.0930. The zero-order valence-corrected chi connectivity index (χ0v) is 8.96. The normalized spacial score (nSPS) is 24.8. The highest BCUT2D eigenvalue weighted by Crippen LogP contribution is 2.29. The summed E-state index contributed by atoms with van der Waals surface area (Å²) < 4.78 is 0. The van der Waals surface area contributed by atoms with E-state index in [-0.39, 0.29) is 10.9 Å². The SMILES string of the molecule is C=C[C@@H](Br)[C@H](O)C1CCCCC1. The van der Waals surface area contributed by atoms with Gasteiger partial charge in [0.15, 0.2) is 0 Å². The van der Waals surface area contributed by atoms with Crippen LogP contribution in [0.15, 0.2) is 12.7 Å². The summed E-state index contributed by atoms with van der Waals surface area (Å²) in [6, 6.07) is 0. The molecule has 0 amide bonds. The van der Waals surface area contributed by atoms with Gasteiger partial charge in [-0.3, -0.25) is 0 Å². The Balaban J connectivity index is 2.38. The maximum Gasteiger partial charge on any atom is 0.0728 e. The van der Waals surface area contributed by atoms with Crippen LogP contribution in [-0.2, 0) is 0 Å². The molecule has 0 unspecified atom stereocenters. The number of halogens is 1. The van der Waals surface area contributed by atoms with Gasteiger partial charge in [0, 0.05) is 0 Å². The Morgan fingerprint density at radius 1 is 1.33 bits per heavy atom. The van der Waals surface area contributed by atoms with E-state index in [9.17, 15) is 5.11 Å². The van der Waals surface area contributed by atoms with Crippen molar-refractivity contribution in [1.29, 1.82) is 0 Å². The molecule has 12 heavy (non-hydrogen) atoms. The molecule has 0 heterocycles. The average Bonchev–Trinajstić information content (AvgIpc) is 2.17. The average molecular weight is 233 g/mol. The van der Waals surface area contributed by atoms with Crippen LogP contribution in [0.25, 0.3) is 0 Å². The Kier molecular flexibility index (Phi) is 4.30. The minimum Gasteiger partial charge on any atom is -0.391 e. The van der Waals surface area contributed by atoms with E-state index in [0.717, 1.165) is 0 Å².